The highest BCUT2D eigenvalue weighted by Crippen LogP contribution is 2.09. The lowest BCUT2D eigenvalue weighted by Crippen LogP contribution is -2.16. The summed E-state index contributed by atoms with van der Waals surface area (Å²) in [6.07, 6.45) is 11.9. The van der Waals surface area contributed by atoms with Crippen molar-refractivity contribution < 1.29 is 85.6 Å². The van der Waals surface area contributed by atoms with Gasteiger partial charge in [-0.2, -0.15) is 0 Å². The maximum Gasteiger partial charge on any atom is 0.0701 e. The van der Waals surface area contributed by atoms with Gasteiger partial charge in [0.05, 0.1) is 225 Å². The van der Waals surface area contributed by atoms with Crippen LogP contribution in [0.15, 0.2) is 0 Å². The number of hydrogen-bond donors (Lipinski definition) is 1. The van der Waals surface area contributed by atoms with E-state index in [2.05, 4.69) is 6.92 Å². The van der Waals surface area contributed by atoms with Crippen LogP contribution in [0.25, 0.3) is 0 Å². The Labute approximate surface area is 381 Å². The molecule has 63 heavy (non-hydrogen) atoms. The third-order valence-electron chi connectivity index (χ3n) is 8.58. The van der Waals surface area contributed by atoms with Crippen molar-refractivity contribution in [2.45, 2.75) is 64.7 Å². The first kappa shape index (κ1) is 62.3. The summed E-state index contributed by atoms with van der Waals surface area (Å²) in [7, 11) is 0. The molecule has 18 heteroatoms. The second-order valence-corrected chi connectivity index (χ2v) is 14.0. The van der Waals surface area contributed by atoms with Crippen molar-refractivity contribution in [2.24, 2.45) is 0 Å². The van der Waals surface area contributed by atoms with Crippen molar-refractivity contribution >= 4 is 0 Å². The molecule has 0 unspecified atom stereocenters. The van der Waals surface area contributed by atoms with Crippen LogP contribution in [0.1, 0.15) is 64.7 Å². The van der Waals surface area contributed by atoms with Crippen LogP contribution in [-0.4, -0.2) is 236 Å². The Kier molecular flexibility index (Phi) is 60.6. The van der Waals surface area contributed by atoms with Gasteiger partial charge >= 0.3 is 0 Å². The molecule has 0 aliphatic carbocycles. The number of ether oxygens (including phenoxy) is 17. The topological polar surface area (TPSA) is 177 Å². The molecule has 0 atom stereocenters. The Morgan fingerprint density at radius 2 is 0.317 bits per heavy atom. The molecule has 0 aromatic carbocycles. The first-order valence-corrected chi connectivity index (χ1v) is 23.8. The largest absolute Gasteiger partial charge is 0.394 e. The predicted octanol–water partition coefficient (Wildman–Crippen LogP) is 3.79. The molecule has 0 fully saturated rings. The average molecular weight is 921 g/mol. The molecular formula is C45H92O18. The molecule has 0 aromatic rings. The van der Waals surface area contributed by atoms with Gasteiger partial charge in [0, 0.05) is 6.61 Å². The van der Waals surface area contributed by atoms with Gasteiger partial charge in [0.15, 0.2) is 0 Å². The molecule has 0 heterocycles. The lowest BCUT2D eigenvalue weighted by molar-refractivity contribution is -0.0308. The standard InChI is InChI=1S/C45H92O18/c1-2-3-4-5-6-7-8-9-10-12-47-14-16-49-18-20-51-22-24-53-26-28-55-30-32-57-34-36-59-38-40-61-42-44-63-45-43-62-41-39-60-37-35-58-33-31-56-29-27-54-25-23-52-21-19-50-17-15-48-13-11-46/h46H,2-45H2,1H3. The zero-order valence-corrected chi connectivity index (χ0v) is 39.5. The Morgan fingerprint density at radius 1 is 0.175 bits per heavy atom. The van der Waals surface area contributed by atoms with Crippen LogP contribution in [-0.2, 0) is 80.5 Å². The van der Waals surface area contributed by atoms with E-state index in [1.165, 1.54) is 51.4 Å². The molecule has 380 valence electrons. The highest BCUT2D eigenvalue weighted by Gasteiger charge is 1.99. The third kappa shape index (κ3) is 61.3. The maximum absolute atomic E-state index is 8.60. The molecule has 0 aliphatic rings. The minimum absolute atomic E-state index is 0.0220. The number of hydrogen-bond acceptors (Lipinski definition) is 18. The van der Waals surface area contributed by atoms with Crippen LogP contribution in [0.3, 0.4) is 0 Å². The van der Waals surface area contributed by atoms with Gasteiger partial charge in [-0.05, 0) is 6.42 Å². The van der Waals surface area contributed by atoms with E-state index in [1.807, 2.05) is 0 Å². The summed E-state index contributed by atoms with van der Waals surface area (Å²) < 4.78 is 93.1. The minimum atomic E-state index is 0.0220. The minimum Gasteiger partial charge on any atom is -0.394 e. The average Bonchev–Trinajstić information content (AvgIpc) is 3.29. The van der Waals surface area contributed by atoms with Gasteiger partial charge < -0.3 is 85.6 Å². The van der Waals surface area contributed by atoms with Gasteiger partial charge in [-0.25, -0.2) is 0 Å². The fourth-order valence-corrected chi connectivity index (χ4v) is 5.20. The van der Waals surface area contributed by atoms with Crippen molar-refractivity contribution in [3.63, 3.8) is 0 Å². The van der Waals surface area contributed by atoms with E-state index in [0.29, 0.717) is 218 Å². The summed E-state index contributed by atoms with van der Waals surface area (Å²) in [4.78, 5) is 0. The van der Waals surface area contributed by atoms with Crippen molar-refractivity contribution in [1.82, 2.24) is 0 Å². The van der Waals surface area contributed by atoms with E-state index >= 15 is 0 Å². The maximum atomic E-state index is 8.60. The van der Waals surface area contributed by atoms with Crippen LogP contribution in [0.2, 0.25) is 0 Å². The second kappa shape index (κ2) is 61.3. The van der Waals surface area contributed by atoms with Gasteiger partial charge in [-0.15, -0.1) is 0 Å². The highest BCUT2D eigenvalue weighted by atomic mass is 16.6. The normalized spacial score (nSPS) is 11.7. The van der Waals surface area contributed by atoms with Gasteiger partial charge in [-0.3, -0.25) is 0 Å². The fourth-order valence-electron chi connectivity index (χ4n) is 5.20. The van der Waals surface area contributed by atoms with E-state index in [9.17, 15) is 0 Å². The summed E-state index contributed by atoms with van der Waals surface area (Å²) in [5, 5.41) is 8.60. The fraction of sp³-hybridized carbons (Fsp3) is 1.00. The Balaban J connectivity index is 3.06. The number of aliphatic hydroxyl groups excluding tert-OH is 1. The first-order valence-electron chi connectivity index (χ1n) is 23.8. The van der Waals surface area contributed by atoms with Crippen LogP contribution in [0, 0.1) is 0 Å². The summed E-state index contributed by atoms with van der Waals surface area (Å²) >= 11 is 0. The Hall–Kier alpha value is -0.720. The molecule has 18 nitrogen and oxygen atoms in total. The zero-order valence-electron chi connectivity index (χ0n) is 39.5. The van der Waals surface area contributed by atoms with Crippen LogP contribution in [0.5, 0.6) is 0 Å². The lowest BCUT2D eigenvalue weighted by atomic mass is 10.1. The molecular weight excluding hydrogens is 828 g/mol. The highest BCUT2D eigenvalue weighted by molar-refractivity contribution is 4.47. The van der Waals surface area contributed by atoms with E-state index < -0.39 is 0 Å². The summed E-state index contributed by atoms with van der Waals surface area (Å²) in [6.45, 7) is 19.9. The molecule has 0 aromatic heterocycles. The first-order chi connectivity index (χ1) is 31.4. The Bertz CT molecular complexity index is 718. The molecule has 0 bridgehead atoms. The van der Waals surface area contributed by atoms with E-state index in [4.69, 9.17) is 85.6 Å². The van der Waals surface area contributed by atoms with Crippen molar-refractivity contribution in [3.8, 4) is 0 Å². The summed E-state index contributed by atoms with van der Waals surface area (Å²) in [6, 6.07) is 0. The smallest absolute Gasteiger partial charge is 0.0701 e. The molecule has 0 aliphatic heterocycles. The second-order valence-electron chi connectivity index (χ2n) is 14.0. The van der Waals surface area contributed by atoms with E-state index in [0.717, 1.165) is 13.0 Å². The van der Waals surface area contributed by atoms with E-state index in [-0.39, 0.29) is 6.61 Å². The molecule has 0 spiro atoms. The number of aliphatic hydroxyl groups is 1. The summed E-state index contributed by atoms with van der Waals surface area (Å²) in [5.74, 6) is 0. The van der Waals surface area contributed by atoms with Crippen LogP contribution >= 0.6 is 0 Å². The van der Waals surface area contributed by atoms with Crippen molar-refractivity contribution in [2.75, 3.05) is 231 Å². The number of rotatable bonds is 60. The number of unbranched alkanes of at least 4 members (excludes halogenated alkanes) is 8. The van der Waals surface area contributed by atoms with E-state index in [1.54, 1.807) is 0 Å². The van der Waals surface area contributed by atoms with Gasteiger partial charge in [0.1, 0.15) is 0 Å². The molecule has 0 saturated carbocycles. The predicted molar refractivity (Wildman–Crippen MR) is 238 cm³/mol. The van der Waals surface area contributed by atoms with Crippen molar-refractivity contribution in [1.29, 1.82) is 0 Å². The zero-order chi connectivity index (χ0) is 45.1. The molecule has 0 rings (SSSR count). The molecule has 0 amide bonds. The Morgan fingerprint density at radius 3 is 0.492 bits per heavy atom. The molecule has 0 saturated heterocycles. The summed E-state index contributed by atoms with van der Waals surface area (Å²) in [5.41, 5.74) is 0. The van der Waals surface area contributed by atoms with Crippen LogP contribution in [0.4, 0.5) is 0 Å². The van der Waals surface area contributed by atoms with Gasteiger partial charge in [0.2, 0.25) is 0 Å². The molecule has 1 N–H and O–H groups in total. The monoisotopic (exact) mass is 921 g/mol. The lowest BCUT2D eigenvalue weighted by Gasteiger charge is -2.09. The quantitative estimate of drug-likeness (QED) is 0.0872. The van der Waals surface area contributed by atoms with Crippen molar-refractivity contribution in [3.05, 3.63) is 0 Å². The third-order valence-corrected chi connectivity index (χ3v) is 8.58. The SMILES string of the molecule is CCCCCCCCCCCOCCOCCOCCOCCOCCOCCOCCOCCOCCOCCOCCOCCOCCOCCOCCOCCOCCO. The molecule has 0 radical (unpaired) electrons. The van der Waals surface area contributed by atoms with Crippen LogP contribution < -0.4 is 0 Å². The van der Waals surface area contributed by atoms with Gasteiger partial charge in [0.25, 0.3) is 0 Å². The van der Waals surface area contributed by atoms with Gasteiger partial charge in [-0.1, -0.05) is 58.3 Å².